The predicted molar refractivity (Wildman–Crippen MR) is 116 cm³/mol. The summed E-state index contributed by atoms with van der Waals surface area (Å²) >= 11 is -2.30. The van der Waals surface area contributed by atoms with Crippen molar-refractivity contribution >= 4 is 18.4 Å². The normalized spacial score (nSPS) is 27.1. The van der Waals surface area contributed by atoms with Crippen LogP contribution in [-0.4, -0.2) is 29.1 Å². The molecule has 2 atom stereocenters. The third-order valence-corrected chi connectivity index (χ3v) is 21.1. The summed E-state index contributed by atoms with van der Waals surface area (Å²) in [6.07, 6.45) is 14.1. The molecule has 0 radical (unpaired) electrons. The van der Waals surface area contributed by atoms with Crippen LogP contribution in [0.15, 0.2) is 10.2 Å². The third-order valence-electron chi connectivity index (χ3n) is 7.05. The first-order valence-electron chi connectivity index (χ1n) is 11.2. The summed E-state index contributed by atoms with van der Waals surface area (Å²) in [6.45, 7) is 13.8. The summed E-state index contributed by atoms with van der Waals surface area (Å²) < 4.78 is 7.17. The van der Waals surface area contributed by atoms with Crippen LogP contribution in [0.2, 0.25) is 13.3 Å². The van der Waals surface area contributed by atoms with Gasteiger partial charge < -0.3 is 0 Å². The summed E-state index contributed by atoms with van der Waals surface area (Å²) in [5.74, 6) is 0.389. The Morgan fingerprint density at radius 2 is 1.44 bits per heavy atom. The van der Waals surface area contributed by atoms with Gasteiger partial charge in [-0.25, -0.2) is 0 Å². The molecule has 1 aliphatic rings. The first kappa shape index (κ1) is 23.5. The Morgan fingerprint density at radius 3 is 1.84 bits per heavy atom. The molecular weight excluding hydrogens is 411 g/mol. The van der Waals surface area contributed by atoms with Gasteiger partial charge in [0.2, 0.25) is 0 Å². The molecule has 0 heterocycles. The van der Waals surface area contributed by atoms with E-state index < -0.39 is 24.0 Å². The molecule has 2 unspecified atom stereocenters. The Morgan fingerprint density at radius 1 is 0.960 bits per heavy atom. The second-order valence-corrected chi connectivity index (χ2v) is 22.5. The van der Waals surface area contributed by atoms with E-state index in [0.717, 1.165) is 6.42 Å². The van der Waals surface area contributed by atoms with Crippen LogP contribution in [0.1, 0.15) is 99.3 Å². The molecule has 0 aromatic carbocycles. The van der Waals surface area contributed by atoms with Crippen molar-refractivity contribution in [2.75, 3.05) is 0 Å². The summed E-state index contributed by atoms with van der Waals surface area (Å²) in [6, 6.07) is 0. The van der Waals surface area contributed by atoms with Crippen molar-refractivity contribution in [3.05, 3.63) is 10.2 Å². The van der Waals surface area contributed by atoms with Gasteiger partial charge >= 0.3 is 163 Å². The molecule has 1 aliphatic carbocycles. The molecule has 1 N–H and O–H groups in total. The van der Waals surface area contributed by atoms with Gasteiger partial charge in [-0.3, -0.25) is 0 Å². The van der Waals surface area contributed by atoms with Crippen molar-refractivity contribution < 1.29 is 5.11 Å². The summed E-state index contributed by atoms with van der Waals surface area (Å²) in [5.41, 5.74) is -0.586. The molecule has 148 valence electrons. The van der Waals surface area contributed by atoms with Gasteiger partial charge in [-0.2, -0.15) is 0 Å². The monoisotopic (exact) mass is 458 g/mol. The Balaban J connectivity index is 3.11. The molecule has 2 heteroatoms. The molecule has 1 nitrogen and oxygen atoms in total. The van der Waals surface area contributed by atoms with Crippen LogP contribution < -0.4 is 0 Å². The van der Waals surface area contributed by atoms with Crippen LogP contribution >= 0.6 is 0 Å². The molecule has 0 saturated heterocycles. The van der Waals surface area contributed by atoms with E-state index in [4.69, 9.17) is 0 Å². The summed E-state index contributed by atoms with van der Waals surface area (Å²) in [7, 11) is 0. The van der Waals surface area contributed by atoms with E-state index >= 15 is 0 Å². The first-order valence-corrected chi connectivity index (χ1v) is 18.9. The van der Waals surface area contributed by atoms with Crippen LogP contribution in [0.5, 0.6) is 0 Å². The van der Waals surface area contributed by atoms with Crippen LogP contribution in [0.4, 0.5) is 0 Å². The average Bonchev–Trinajstić information content (AvgIpc) is 2.58. The number of aliphatic hydroxyl groups is 1. The van der Waals surface area contributed by atoms with E-state index in [1.54, 1.807) is 0 Å². The molecule has 0 aliphatic heterocycles. The van der Waals surface area contributed by atoms with Crippen molar-refractivity contribution in [3.8, 4) is 0 Å². The molecule has 0 spiro atoms. The molecule has 25 heavy (non-hydrogen) atoms. The third kappa shape index (κ3) is 6.26. The first-order chi connectivity index (χ1) is 11.8. The Bertz CT molecular complexity index is 379. The van der Waals surface area contributed by atoms with E-state index in [-0.39, 0.29) is 5.41 Å². The van der Waals surface area contributed by atoms with Gasteiger partial charge in [0.05, 0.1) is 0 Å². The van der Waals surface area contributed by atoms with Gasteiger partial charge in [0, 0.05) is 0 Å². The molecule has 1 rings (SSSR count). The summed E-state index contributed by atoms with van der Waals surface area (Å²) in [4.78, 5) is 0. The zero-order valence-electron chi connectivity index (χ0n) is 18.2. The topological polar surface area (TPSA) is 20.2 Å². The number of unbranched alkanes of at least 4 members (excludes halogenated alkanes) is 3. The van der Waals surface area contributed by atoms with Crippen LogP contribution in [0, 0.1) is 11.3 Å². The predicted octanol–water partition coefficient (Wildman–Crippen LogP) is 7.51. The van der Waals surface area contributed by atoms with Gasteiger partial charge in [0.15, 0.2) is 0 Å². The average molecular weight is 457 g/mol. The van der Waals surface area contributed by atoms with Crippen molar-refractivity contribution in [2.24, 2.45) is 11.3 Å². The Labute approximate surface area is 162 Å². The molecule has 0 amide bonds. The van der Waals surface area contributed by atoms with Crippen molar-refractivity contribution in [1.29, 1.82) is 0 Å². The fraction of sp³-hybridized carbons (Fsp3) is 0.913. The molecule has 1 saturated carbocycles. The quantitative estimate of drug-likeness (QED) is 0.319. The Kier molecular flexibility index (Phi) is 10.1. The minimum atomic E-state index is -2.30. The second-order valence-electron chi connectivity index (χ2n) is 9.51. The van der Waals surface area contributed by atoms with Gasteiger partial charge in [0.25, 0.3) is 0 Å². The SMILES string of the molecule is CCC[CH2][Sn](/[CH]=C/C1(O)C(C)CCCC1(C)C)([CH2]CCC)[CH2]CCC. The standard InChI is InChI=1S/C11H19O.3C4H9.Sn/c1-5-11(12)9(2)7-6-8-10(11,3)4;3*1-3-4-2;/h1,5,9,12H,6-8H2,2-4H3;3*1,3-4H2,2H3;. The number of hydrogen-bond acceptors (Lipinski definition) is 1. The van der Waals surface area contributed by atoms with Gasteiger partial charge in [-0.15, -0.1) is 0 Å². The van der Waals surface area contributed by atoms with E-state index in [1.807, 2.05) is 0 Å². The zero-order valence-corrected chi connectivity index (χ0v) is 21.0. The van der Waals surface area contributed by atoms with E-state index in [0.29, 0.717) is 5.92 Å². The fourth-order valence-corrected chi connectivity index (χ4v) is 19.2. The van der Waals surface area contributed by atoms with Crippen molar-refractivity contribution in [1.82, 2.24) is 0 Å². The van der Waals surface area contributed by atoms with Crippen LogP contribution in [-0.2, 0) is 0 Å². The van der Waals surface area contributed by atoms with Gasteiger partial charge in [-0.05, 0) is 0 Å². The fourth-order valence-electron chi connectivity index (χ4n) is 4.84. The number of rotatable bonds is 11. The van der Waals surface area contributed by atoms with Crippen LogP contribution in [0.25, 0.3) is 0 Å². The maximum atomic E-state index is 11.7. The molecule has 0 aromatic rings. The Hall–Kier alpha value is 0.499. The van der Waals surface area contributed by atoms with E-state index in [1.165, 1.54) is 64.7 Å². The molecule has 1 fully saturated rings. The molecule has 0 aromatic heterocycles. The van der Waals surface area contributed by atoms with Gasteiger partial charge in [-0.1, -0.05) is 0 Å². The second kappa shape index (κ2) is 10.7. The maximum absolute atomic E-state index is 11.7. The zero-order chi connectivity index (χ0) is 19.0. The number of hydrogen-bond donors (Lipinski definition) is 1. The van der Waals surface area contributed by atoms with Crippen molar-refractivity contribution in [3.63, 3.8) is 0 Å². The minimum absolute atomic E-state index is 0.0129. The molecule has 0 bridgehead atoms. The van der Waals surface area contributed by atoms with E-state index in [9.17, 15) is 5.11 Å². The van der Waals surface area contributed by atoms with Crippen molar-refractivity contribution in [2.45, 2.75) is 118 Å². The molecular formula is C23H46OSn. The van der Waals surface area contributed by atoms with Crippen LogP contribution in [0.3, 0.4) is 0 Å². The van der Waals surface area contributed by atoms with E-state index in [2.05, 4.69) is 51.7 Å². The van der Waals surface area contributed by atoms with Gasteiger partial charge in [0.1, 0.15) is 0 Å². The summed E-state index contributed by atoms with van der Waals surface area (Å²) in [5, 5.41) is 11.7.